The van der Waals surface area contributed by atoms with Crippen LogP contribution in [0.4, 0.5) is 0 Å². The molecule has 282 valence electrons. The monoisotopic (exact) mass is 747 g/mol. The van der Waals surface area contributed by atoms with Crippen molar-refractivity contribution in [3.63, 3.8) is 0 Å². The first-order valence-corrected chi connectivity index (χ1v) is 19.3. The van der Waals surface area contributed by atoms with Crippen LogP contribution in [0.15, 0.2) is 100 Å². The summed E-state index contributed by atoms with van der Waals surface area (Å²) < 4.78 is 0. The van der Waals surface area contributed by atoms with Crippen LogP contribution in [-0.2, 0) is 29.1 Å². The molecule has 13 nitrogen and oxygen atoms in total. The van der Waals surface area contributed by atoms with Gasteiger partial charge in [-0.3, -0.25) is 24.5 Å². The van der Waals surface area contributed by atoms with Crippen molar-refractivity contribution in [2.24, 2.45) is 22.2 Å². The number of aromatic nitrogens is 4. The number of amidine groups is 1. The van der Waals surface area contributed by atoms with Gasteiger partial charge in [-0.2, -0.15) is 0 Å². The first-order chi connectivity index (χ1) is 26.4. The van der Waals surface area contributed by atoms with Crippen LogP contribution < -0.4 is 27.8 Å². The van der Waals surface area contributed by atoms with Gasteiger partial charge in [-0.1, -0.05) is 36.0 Å². The Hall–Kier alpha value is -5.15. The highest BCUT2D eigenvalue weighted by molar-refractivity contribution is 7.99. The van der Waals surface area contributed by atoms with E-state index in [1.165, 1.54) is 16.7 Å². The lowest BCUT2D eigenvalue weighted by molar-refractivity contribution is -0.140. The zero-order valence-corrected chi connectivity index (χ0v) is 31.4. The van der Waals surface area contributed by atoms with E-state index < -0.39 is 12.1 Å². The zero-order chi connectivity index (χ0) is 37.9. The van der Waals surface area contributed by atoms with Crippen LogP contribution in [0.5, 0.6) is 0 Å². The molecule has 4 aromatic heterocycles. The summed E-state index contributed by atoms with van der Waals surface area (Å²) in [6.45, 7) is 1.58. The summed E-state index contributed by atoms with van der Waals surface area (Å²) in [6.07, 6.45) is 12.4. The van der Waals surface area contributed by atoms with Crippen LogP contribution in [0.2, 0.25) is 0 Å². The Morgan fingerprint density at radius 2 is 1.74 bits per heavy atom. The van der Waals surface area contributed by atoms with Crippen LogP contribution >= 0.6 is 11.8 Å². The molecule has 54 heavy (non-hydrogen) atoms. The van der Waals surface area contributed by atoms with Crippen LogP contribution in [0.25, 0.3) is 22.2 Å². The van der Waals surface area contributed by atoms with Crippen LogP contribution in [0, 0.1) is 0 Å². The van der Waals surface area contributed by atoms with Gasteiger partial charge in [-0.15, -0.1) is 0 Å². The molecule has 1 aromatic carbocycles. The predicted molar refractivity (Wildman–Crippen MR) is 213 cm³/mol. The number of benzene rings is 1. The van der Waals surface area contributed by atoms with E-state index in [2.05, 4.69) is 20.6 Å². The van der Waals surface area contributed by atoms with Gasteiger partial charge in [0.2, 0.25) is 11.8 Å². The van der Waals surface area contributed by atoms with E-state index in [4.69, 9.17) is 32.2 Å². The van der Waals surface area contributed by atoms with Gasteiger partial charge in [0.1, 0.15) is 22.9 Å². The highest BCUT2D eigenvalue weighted by atomic mass is 32.2. The van der Waals surface area contributed by atoms with Crippen molar-refractivity contribution in [1.29, 1.82) is 0 Å². The molecule has 2 amide bonds. The minimum atomic E-state index is -0.871. The number of rotatable bonds is 10. The highest BCUT2D eigenvalue weighted by Crippen LogP contribution is 2.35. The van der Waals surface area contributed by atoms with Crippen LogP contribution in [-0.4, -0.2) is 80.7 Å². The third kappa shape index (κ3) is 9.31. The molecule has 5 heterocycles. The first kappa shape index (κ1) is 38.6. The van der Waals surface area contributed by atoms with Gasteiger partial charge >= 0.3 is 0 Å². The molecule has 1 aliphatic rings. The van der Waals surface area contributed by atoms with Gasteiger partial charge in [-0.05, 0) is 86.7 Å². The molecule has 6 rings (SSSR count). The minimum absolute atomic E-state index is 0.151. The Morgan fingerprint density at radius 3 is 2.56 bits per heavy atom. The van der Waals surface area contributed by atoms with Gasteiger partial charge in [0.05, 0.1) is 11.7 Å². The number of carbonyl (C=O) groups is 2. The normalized spacial score (nSPS) is 18.8. The standard InChI is InChI=1S/C40H49N11O2S/c1-51-34(21-28-24-47-31-12-3-2-11-29(28)31)38(52)49-25-30-35(15-20-45-36(30)26-9-7-18-44-22-26)54-39-27(10-8-19-46-39)23-48-32(14-6-17-42)37(43)50-33(40(51)53)13-4-5-16-41/h2-3,7-12,15,18-20,22,24,32-34,47-48H,4-6,13-14,16-17,21,23,25,41-42H2,1H3,(H2,43,50)(H,49,52)/t32-,33-,34-/m0/s1. The Bertz CT molecular complexity index is 2050. The summed E-state index contributed by atoms with van der Waals surface area (Å²) in [5.74, 6) is -0.281. The second-order valence-corrected chi connectivity index (χ2v) is 14.4. The molecule has 0 bridgehead atoms. The van der Waals surface area contributed by atoms with Crippen molar-refractivity contribution < 1.29 is 9.59 Å². The van der Waals surface area contributed by atoms with E-state index in [0.29, 0.717) is 56.8 Å². The second kappa shape index (κ2) is 18.7. The summed E-state index contributed by atoms with van der Waals surface area (Å²) in [5.41, 5.74) is 23.7. The number of aliphatic imine (C=N–C) groups is 1. The van der Waals surface area contributed by atoms with Gasteiger partial charge in [0.25, 0.3) is 0 Å². The largest absolute Gasteiger partial charge is 0.386 e. The number of carbonyl (C=O) groups excluding carboxylic acids is 2. The Balaban J connectivity index is 1.46. The van der Waals surface area contributed by atoms with Crippen molar-refractivity contribution in [3.05, 3.63) is 102 Å². The SMILES string of the molecule is CN1C(=O)[C@H](CCCCN)N=C(N)[C@H](CCCN)NCc2cccnc2Sc2ccnc(-c3cccnc3)c2CNC(=O)[C@@H]1Cc1c[nH]c2ccccc12. The molecule has 0 saturated carbocycles. The fourth-order valence-electron chi connectivity index (χ4n) is 6.75. The molecule has 0 saturated heterocycles. The number of aromatic amines is 1. The average molecular weight is 748 g/mol. The number of pyridine rings is 3. The molecule has 1 aliphatic heterocycles. The quantitative estimate of drug-likeness (QED) is 0.114. The summed E-state index contributed by atoms with van der Waals surface area (Å²) in [4.78, 5) is 53.6. The number of amides is 2. The highest BCUT2D eigenvalue weighted by Gasteiger charge is 2.33. The number of para-hydroxylation sites is 1. The Kier molecular flexibility index (Phi) is 13.4. The maximum Gasteiger partial charge on any atom is 0.247 e. The number of hydrogen-bond donors (Lipinski definition) is 6. The minimum Gasteiger partial charge on any atom is -0.386 e. The number of nitrogens with one attached hydrogen (secondary N) is 3. The van der Waals surface area contributed by atoms with Crippen molar-refractivity contribution in [2.45, 2.75) is 79.7 Å². The number of nitrogens with zero attached hydrogens (tertiary/aromatic N) is 5. The molecule has 14 heteroatoms. The smallest absolute Gasteiger partial charge is 0.247 e. The van der Waals surface area contributed by atoms with Crippen LogP contribution in [0.3, 0.4) is 0 Å². The van der Waals surface area contributed by atoms with Gasteiger partial charge in [0, 0.05) is 84.5 Å². The number of likely N-dealkylation sites (N-methyl/N-ethyl adjacent to an activating group) is 1. The Morgan fingerprint density at radius 1 is 0.907 bits per heavy atom. The van der Waals surface area contributed by atoms with E-state index in [-0.39, 0.29) is 30.8 Å². The van der Waals surface area contributed by atoms with Gasteiger partial charge < -0.3 is 37.7 Å². The fourth-order valence-corrected chi connectivity index (χ4v) is 7.76. The van der Waals surface area contributed by atoms with E-state index in [0.717, 1.165) is 49.5 Å². The molecule has 9 N–H and O–H groups in total. The maximum atomic E-state index is 14.6. The Labute approximate surface area is 320 Å². The molecule has 0 aliphatic carbocycles. The maximum absolute atomic E-state index is 14.6. The lowest BCUT2D eigenvalue weighted by Gasteiger charge is -2.30. The summed E-state index contributed by atoms with van der Waals surface area (Å²) in [6, 6.07) is 15.6. The summed E-state index contributed by atoms with van der Waals surface area (Å²) >= 11 is 1.51. The molecule has 3 atom stereocenters. The molecule has 0 spiro atoms. The lowest BCUT2D eigenvalue weighted by atomic mass is 10.0. The second-order valence-electron chi connectivity index (χ2n) is 13.4. The number of unbranched alkanes of at least 4 members (excludes halogenated alkanes) is 1. The molecule has 0 fully saturated rings. The number of fused-ring (bicyclic) bond motifs is 3. The van der Waals surface area contributed by atoms with E-state index in [1.807, 2.05) is 60.8 Å². The van der Waals surface area contributed by atoms with Crippen LogP contribution in [0.1, 0.15) is 48.8 Å². The number of hydrogen-bond acceptors (Lipinski definition) is 11. The molecular formula is C40H49N11O2S. The van der Waals surface area contributed by atoms with Crippen molar-refractivity contribution in [3.8, 4) is 11.3 Å². The van der Waals surface area contributed by atoms with Gasteiger partial charge in [0.15, 0.2) is 0 Å². The van der Waals surface area contributed by atoms with Crippen molar-refractivity contribution in [1.82, 2.24) is 35.5 Å². The fraction of sp³-hybridized carbons (Fsp3) is 0.350. The summed E-state index contributed by atoms with van der Waals surface area (Å²) in [5, 5.41) is 8.57. The first-order valence-electron chi connectivity index (χ1n) is 18.4. The predicted octanol–water partition coefficient (Wildman–Crippen LogP) is 3.92. The molecule has 0 radical (unpaired) electrons. The molecule has 5 aromatic rings. The van der Waals surface area contributed by atoms with E-state index in [9.17, 15) is 9.59 Å². The lowest BCUT2D eigenvalue weighted by Crippen LogP contribution is -2.52. The van der Waals surface area contributed by atoms with Gasteiger partial charge in [-0.25, -0.2) is 4.98 Å². The topological polar surface area (TPSA) is 206 Å². The number of nitrogens with two attached hydrogens (primary N) is 3. The van der Waals surface area contributed by atoms with E-state index >= 15 is 0 Å². The summed E-state index contributed by atoms with van der Waals surface area (Å²) in [7, 11) is 1.68. The zero-order valence-electron chi connectivity index (χ0n) is 30.6. The molecular weight excluding hydrogens is 699 g/mol. The molecule has 0 unspecified atom stereocenters. The van der Waals surface area contributed by atoms with Crippen molar-refractivity contribution in [2.75, 3.05) is 20.1 Å². The van der Waals surface area contributed by atoms with Crippen molar-refractivity contribution >= 4 is 40.3 Å². The number of H-pyrrole nitrogens is 1. The van der Waals surface area contributed by atoms with E-state index in [1.54, 1.807) is 31.8 Å². The average Bonchev–Trinajstić information content (AvgIpc) is 3.61. The third-order valence-corrected chi connectivity index (χ3v) is 10.9. The third-order valence-electron chi connectivity index (χ3n) is 9.76.